The molecule has 17 heavy (non-hydrogen) atoms. The largest absolute Gasteiger partial charge is 0.192 e. The molecule has 0 radical (unpaired) electrons. The summed E-state index contributed by atoms with van der Waals surface area (Å²) in [4.78, 5) is 0. The molecule has 2 aromatic rings. The Morgan fingerprint density at radius 2 is 2.06 bits per heavy atom. The van der Waals surface area contributed by atoms with Crippen LogP contribution in [0.4, 0.5) is 0 Å². The van der Waals surface area contributed by atoms with E-state index in [0.29, 0.717) is 0 Å². The number of nitriles is 1. The molecule has 86 valence electrons. The Bertz CT molecular complexity index is 599. The van der Waals surface area contributed by atoms with Gasteiger partial charge >= 0.3 is 0 Å². The minimum atomic E-state index is 0.775. The molecule has 1 nitrogen and oxygen atoms in total. The maximum atomic E-state index is 9.23. The first-order chi connectivity index (χ1) is 8.17. The van der Waals surface area contributed by atoms with Crippen molar-refractivity contribution in [3.63, 3.8) is 0 Å². The first kappa shape index (κ1) is 13.2. The minimum Gasteiger partial charge on any atom is -0.192 e. The van der Waals surface area contributed by atoms with Crippen molar-refractivity contribution < 1.29 is 0 Å². The van der Waals surface area contributed by atoms with Gasteiger partial charge in [0, 0.05) is 19.9 Å². The average Bonchev–Trinajstić information content (AvgIpc) is 2.75. The van der Waals surface area contributed by atoms with E-state index < -0.39 is 0 Å². The van der Waals surface area contributed by atoms with E-state index in [-0.39, 0.29) is 0 Å². The molecule has 0 aliphatic heterocycles. The van der Waals surface area contributed by atoms with Crippen LogP contribution in [0.3, 0.4) is 0 Å². The van der Waals surface area contributed by atoms with Gasteiger partial charge in [-0.05, 0) is 55.8 Å². The lowest BCUT2D eigenvalue weighted by Gasteiger charge is -2.02. The first-order valence-corrected chi connectivity index (χ1v) is 8.37. The highest BCUT2D eigenvalue weighted by molar-refractivity contribution is 9.13. The lowest BCUT2D eigenvalue weighted by Crippen LogP contribution is -1.81. The molecule has 1 aromatic heterocycles. The van der Waals surface area contributed by atoms with Gasteiger partial charge in [0.15, 0.2) is 0 Å². The number of nitrogens with zero attached hydrogens (tertiary/aromatic N) is 1. The molecule has 0 N–H and O–H groups in total. The fourth-order valence-electron chi connectivity index (χ4n) is 1.47. The maximum absolute atomic E-state index is 9.23. The standard InChI is InChI=1S/C12H7Br2NS2/c1-16-12-8(5-15)9(6-17-12)7-2-3-10(13)11(14)4-7/h2-4,6H,1H3. The van der Waals surface area contributed by atoms with Crippen LogP contribution in [0.2, 0.25) is 0 Å². The van der Waals surface area contributed by atoms with Gasteiger partial charge in [-0.15, -0.1) is 23.1 Å². The van der Waals surface area contributed by atoms with Crippen LogP contribution < -0.4 is 0 Å². The number of thioether (sulfide) groups is 1. The SMILES string of the molecule is CSc1scc(-c2ccc(Br)c(Br)c2)c1C#N. The van der Waals surface area contributed by atoms with Gasteiger partial charge in [0.05, 0.1) is 9.77 Å². The first-order valence-electron chi connectivity index (χ1n) is 4.68. The van der Waals surface area contributed by atoms with Crippen molar-refractivity contribution >= 4 is 55.0 Å². The van der Waals surface area contributed by atoms with E-state index in [9.17, 15) is 5.26 Å². The van der Waals surface area contributed by atoms with Crippen LogP contribution >= 0.6 is 55.0 Å². The normalized spacial score (nSPS) is 10.2. The summed E-state index contributed by atoms with van der Waals surface area (Å²) in [6.07, 6.45) is 1.99. The summed E-state index contributed by atoms with van der Waals surface area (Å²) in [6.45, 7) is 0. The van der Waals surface area contributed by atoms with E-state index in [2.05, 4.69) is 37.9 Å². The summed E-state index contributed by atoms with van der Waals surface area (Å²) in [5.41, 5.74) is 2.85. The molecule has 0 unspecified atom stereocenters. The summed E-state index contributed by atoms with van der Waals surface area (Å²) in [5.74, 6) is 0. The number of hydrogen-bond donors (Lipinski definition) is 0. The van der Waals surface area contributed by atoms with E-state index >= 15 is 0 Å². The zero-order chi connectivity index (χ0) is 12.4. The van der Waals surface area contributed by atoms with Gasteiger partial charge in [-0.2, -0.15) is 5.26 Å². The quantitative estimate of drug-likeness (QED) is 0.631. The number of hydrogen-bond acceptors (Lipinski definition) is 3. The van der Waals surface area contributed by atoms with E-state index in [1.165, 1.54) is 0 Å². The molecule has 1 aromatic carbocycles. The average molecular weight is 389 g/mol. The Balaban J connectivity index is 2.57. The number of thiophene rings is 1. The van der Waals surface area contributed by atoms with E-state index in [4.69, 9.17) is 0 Å². The molecule has 0 spiro atoms. The molecule has 0 atom stereocenters. The second-order valence-electron chi connectivity index (χ2n) is 3.26. The number of benzene rings is 1. The smallest absolute Gasteiger partial charge is 0.102 e. The highest BCUT2D eigenvalue weighted by Gasteiger charge is 2.13. The highest BCUT2D eigenvalue weighted by Crippen LogP contribution is 2.38. The molecule has 0 saturated heterocycles. The van der Waals surface area contributed by atoms with Gasteiger partial charge in [0.2, 0.25) is 0 Å². The maximum Gasteiger partial charge on any atom is 0.102 e. The van der Waals surface area contributed by atoms with Crippen LogP contribution in [0.25, 0.3) is 11.1 Å². The molecule has 0 fully saturated rings. The lowest BCUT2D eigenvalue weighted by molar-refractivity contribution is 1.46. The van der Waals surface area contributed by atoms with Crippen molar-refractivity contribution in [2.45, 2.75) is 4.21 Å². The summed E-state index contributed by atoms with van der Waals surface area (Å²) < 4.78 is 3.08. The van der Waals surface area contributed by atoms with Gasteiger partial charge in [0.25, 0.3) is 0 Å². The topological polar surface area (TPSA) is 23.8 Å². The molecule has 1 heterocycles. The van der Waals surface area contributed by atoms with Crippen LogP contribution in [0.15, 0.2) is 36.7 Å². The zero-order valence-corrected chi connectivity index (χ0v) is 13.6. The second kappa shape index (κ2) is 5.57. The summed E-state index contributed by atoms with van der Waals surface area (Å²) in [7, 11) is 0. The fourth-order valence-corrected chi connectivity index (χ4v) is 3.74. The molecule has 0 aliphatic rings. The highest BCUT2D eigenvalue weighted by atomic mass is 79.9. The molecule has 5 heteroatoms. The van der Waals surface area contributed by atoms with Crippen LogP contribution in [0.5, 0.6) is 0 Å². The molecule has 0 aliphatic carbocycles. The molecule has 0 bridgehead atoms. The van der Waals surface area contributed by atoms with Crippen molar-refractivity contribution in [1.82, 2.24) is 0 Å². The van der Waals surface area contributed by atoms with Crippen LogP contribution in [-0.2, 0) is 0 Å². The molecule has 0 amide bonds. The van der Waals surface area contributed by atoms with E-state index in [1.807, 2.05) is 29.8 Å². The Morgan fingerprint density at radius 3 is 2.65 bits per heavy atom. The Morgan fingerprint density at radius 1 is 1.29 bits per heavy atom. The Kier molecular flexibility index (Phi) is 4.31. The third kappa shape index (κ3) is 2.60. The van der Waals surface area contributed by atoms with Crippen molar-refractivity contribution in [2.24, 2.45) is 0 Å². The molecular weight excluding hydrogens is 382 g/mol. The van der Waals surface area contributed by atoms with Crippen LogP contribution in [-0.4, -0.2) is 6.26 Å². The molecule has 2 rings (SSSR count). The fraction of sp³-hybridized carbons (Fsp3) is 0.0833. The van der Waals surface area contributed by atoms with Gasteiger partial charge in [-0.3, -0.25) is 0 Å². The third-order valence-corrected chi connectivity index (χ3v) is 6.30. The van der Waals surface area contributed by atoms with Crippen molar-refractivity contribution in [3.05, 3.63) is 38.1 Å². The Hall–Kier alpha value is -0.280. The second-order valence-corrected chi connectivity index (χ2v) is 6.92. The van der Waals surface area contributed by atoms with Crippen molar-refractivity contribution in [3.8, 4) is 17.2 Å². The number of rotatable bonds is 2. The van der Waals surface area contributed by atoms with Crippen molar-refractivity contribution in [2.75, 3.05) is 6.26 Å². The van der Waals surface area contributed by atoms with Crippen LogP contribution in [0, 0.1) is 11.3 Å². The predicted octanol–water partition coefficient (Wildman–Crippen LogP) is 5.53. The number of halogens is 2. The zero-order valence-electron chi connectivity index (χ0n) is 8.83. The summed E-state index contributed by atoms with van der Waals surface area (Å²) in [6, 6.07) is 8.31. The Labute approximate surface area is 125 Å². The predicted molar refractivity (Wildman–Crippen MR) is 81.7 cm³/mol. The lowest BCUT2D eigenvalue weighted by atomic mass is 10.1. The third-order valence-electron chi connectivity index (χ3n) is 2.29. The summed E-state index contributed by atoms with van der Waals surface area (Å²) >= 11 is 10.2. The van der Waals surface area contributed by atoms with Gasteiger partial charge in [0.1, 0.15) is 6.07 Å². The minimum absolute atomic E-state index is 0.775. The van der Waals surface area contributed by atoms with Crippen LogP contribution in [0.1, 0.15) is 5.56 Å². The van der Waals surface area contributed by atoms with E-state index in [1.54, 1.807) is 23.1 Å². The van der Waals surface area contributed by atoms with Gasteiger partial charge in [-0.25, -0.2) is 0 Å². The van der Waals surface area contributed by atoms with Crippen molar-refractivity contribution in [1.29, 1.82) is 5.26 Å². The molecule has 0 saturated carbocycles. The van der Waals surface area contributed by atoms with Gasteiger partial charge in [-0.1, -0.05) is 6.07 Å². The van der Waals surface area contributed by atoms with Gasteiger partial charge < -0.3 is 0 Å². The summed E-state index contributed by atoms with van der Waals surface area (Å²) in [5, 5.41) is 11.3. The van der Waals surface area contributed by atoms with E-state index in [0.717, 1.165) is 29.8 Å². The monoisotopic (exact) mass is 387 g/mol. The molecular formula is C12H7Br2NS2.